The van der Waals surface area contributed by atoms with E-state index in [1.807, 2.05) is 0 Å². The molecule has 0 spiro atoms. The zero-order valence-corrected chi connectivity index (χ0v) is 22.3. The van der Waals surface area contributed by atoms with Crippen LogP contribution >= 0.6 is 0 Å². The number of carbonyl (C=O) groups excluding carboxylic acids is 2. The molecule has 0 radical (unpaired) electrons. The minimum absolute atomic E-state index is 0.00179. The van der Waals surface area contributed by atoms with Crippen LogP contribution in [0.25, 0.3) is 10.8 Å². The van der Waals surface area contributed by atoms with E-state index in [9.17, 15) is 49.1 Å². The molecule has 2 N–H and O–H groups in total. The lowest BCUT2D eigenvalue weighted by molar-refractivity contribution is -0.276. The largest absolute Gasteiger partial charge is 0.435 e. The Bertz CT molecular complexity index is 1560. The highest BCUT2D eigenvalue weighted by Crippen LogP contribution is 2.51. The molecular weight excluding hydrogens is 597 g/mol. The first-order chi connectivity index (χ1) is 19.9. The number of amides is 2. The van der Waals surface area contributed by atoms with Crippen molar-refractivity contribution in [2.75, 3.05) is 6.54 Å². The van der Waals surface area contributed by atoms with Gasteiger partial charge in [0.25, 0.3) is 11.5 Å². The van der Waals surface area contributed by atoms with Crippen molar-refractivity contribution in [1.82, 2.24) is 10.6 Å². The van der Waals surface area contributed by atoms with Crippen molar-refractivity contribution >= 4 is 28.3 Å². The molecule has 0 bridgehead atoms. The average molecular weight is 619 g/mol. The molecule has 0 saturated heterocycles. The summed E-state index contributed by atoms with van der Waals surface area (Å²) in [7, 11) is 0. The molecule has 0 aliphatic carbocycles. The van der Waals surface area contributed by atoms with E-state index in [0.717, 1.165) is 0 Å². The summed E-state index contributed by atoms with van der Waals surface area (Å²) in [6.07, 6.45) is -17.6. The van der Waals surface area contributed by atoms with Crippen LogP contribution in [0.2, 0.25) is 0 Å². The van der Waals surface area contributed by atoms with Crippen molar-refractivity contribution in [3.8, 4) is 0 Å². The molecule has 0 fully saturated rings. The van der Waals surface area contributed by atoms with Gasteiger partial charge in [-0.25, -0.2) is 0 Å². The Labute approximate surface area is 237 Å². The molecule has 3 aromatic carbocycles. The van der Waals surface area contributed by atoms with Gasteiger partial charge in [-0.3, -0.25) is 9.59 Å². The van der Waals surface area contributed by atoms with Crippen LogP contribution in [0.5, 0.6) is 0 Å². The Hall–Kier alpha value is -4.30. The average Bonchev–Trinajstić information content (AvgIpc) is 3.38. The van der Waals surface area contributed by atoms with Gasteiger partial charge in [-0.2, -0.15) is 39.5 Å². The number of hydrogen-bond acceptors (Lipinski definition) is 4. The quantitative estimate of drug-likeness (QED) is 0.301. The molecule has 0 saturated carbocycles. The second-order valence-corrected chi connectivity index (χ2v) is 9.72. The number of hydrogen-bond donors (Lipinski definition) is 2. The molecule has 3 aromatic rings. The third kappa shape index (κ3) is 6.11. The molecular formula is C28H22F9N3O3. The van der Waals surface area contributed by atoms with Crippen LogP contribution in [0, 0.1) is 0 Å². The number of nitrogens with zero attached hydrogens (tertiary/aromatic N) is 1. The number of alkyl halides is 9. The van der Waals surface area contributed by atoms with E-state index in [4.69, 9.17) is 4.84 Å². The van der Waals surface area contributed by atoms with Crippen LogP contribution in [0.3, 0.4) is 0 Å². The summed E-state index contributed by atoms with van der Waals surface area (Å²) < 4.78 is 124. The molecule has 230 valence electrons. The van der Waals surface area contributed by atoms with E-state index < -0.39 is 70.8 Å². The number of rotatable bonds is 6. The summed E-state index contributed by atoms with van der Waals surface area (Å²) in [4.78, 5) is 29.7. The highest BCUT2D eigenvalue weighted by atomic mass is 19.4. The Morgan fingerprint density at radius 2 is 1.49 bits per heavy atom. The summed E-state index contributed by atoms with van der Waals surface area (Å²) in [5, 5.41) is 8.96. The van der Waals surface area contributed by atoms with E-state index >= 15 is 0 Å². The van der Waals surface area contributed by atoms with Gasteiger partial charge in [-0.1, -0.05) is 35.5 Å². The standard InChI is InChI=1S/C28H22F9N3O3/c1-3-38-23(41)14(2)39-24(42)21-9-8-20(18-6-4-5-7-19(18)21)22-13-25(43-40-22,28(35,36)37)15-10-16(26(29,30)31)12-17(11-15)27(32,33)34/h4-12,14H,3,13H2,1-2H3,(H,38,41)(H,39,42). The van der Waals surface area contributed by atoms with Crippen molar-refractivity contribution < 1.29 is 53.9 Å². The summed E-state index contributed by atoms with van der Waals surface area (Å²) >= 11 is 0. The van der Waals surface area contributed by atoms with Gasteiger partial charge in [0.2, 0.25) is 5.91 Å². The summed E-state index contributed by atoms with van der Waals surface area (Å²) in [5.74, 6) is -1.14. The molecule has 4 rings (SSSR count). The number of fused-ring (bicyclic) bond motifs is 1. The number of oxime groups is 1. The minimum atomic E-state index is -5.50. The first-order valence-corrected chi connectivity index (χ1v) is 12.6. The predicted octanol–water partition coefficient (Wildman–Crippen LogP) is 6.71. The summed E-state index contributed by atoms with van der Waals surface area (Å²) in [6, 6.07) is 7.14. The van der Waals surface area contributed by atoms with E-state index in [2.05, 4.69) is 15.8 Å². The van der Waals surface area contributed by atoms with E-state index in [-0.39, 0.29) is 40.1 Å². The van der Waals surface area contributed by atoms with Crippen LogP contribution in [-0.2, 0) is 27.6 Å². The van der Waals surface area contributed by atoms with Crippen molar-refractivity contribution in [2.45, 2.75) is 50.4 Å². The van der Waals surface area contributed by atoms with Crippen LogP contribution < -0.4 is 10.6 Å². The lowest BCUT2D eigenvalue weighted by atomic mass is 9.83. The number of halogens is 9. The smallest absolute Gasteiger partial charge is 0.374 e. The third-order valence-electron chi connectivity index (χ3n) is 6.81. The Balaban J connectivity index is 1.78. The first-order valence-electron chi connectivity index (χ1n) is 12.6. The van der Waals surface area contributed by atoms with Crippen molar-refractivity contribution in [2.24, 2.45) is 5.16 Å². The first kappa shape index (κ1) is 31.6. The van der Waals surface area contributed by atoms with Gasteiger partial charge in [0.1, 0.15) is 6.04 Å². The third-order valence-corrected chi connectivity index (χ3v) is 6.81. The molecule has 43 heavy (non-hydrogen) atoms. The monoisotopic (exact) mass is 619 g/mol. The molecule has 0 aromatic heterocycles. The Kier molecular flexibility index (Phi) is 8.15. The SMILES string of the molecule is CCNC(=O)C(C)NC(=O)c1ccc(C2=NOC(c3cc(C(F)(F)F)cc(C(F)(F)F)c3)(C(F)(F)F)C2)c2ccccc12. The van der Waals surface area contributed by atoms with Gasteiger partial charge in [0, 0.05) is 29.7 Å². The maximum atomic E-state index is 14.5. The second kappa shape index (κ2) is 11.1. The van der Waals surface area contributed by atoms with E-state index in [1.54, 1.807) is 6.92 Å². The predicted molar refractivity (Wildman–Crippen MR) is 136 cm³/mol. The molecule has 1 aliphatic heterocycles. The van der Waals surface area contributed by atoms with Gasteiger partial charge < -0.3 is 15.5 Å². The van der Waals surface area contributed by atoms with Crippen LogP contribution in [0.4, 0.5) is 39.5 Å². The Morgan fingerprint density at radius 1 is 0.907 bits per heavy atom. The Morgan fingerprint density at radius 3 is 2.02 bits per heavy atom. The van der Waals surface area contributed by atoms with Gasteiger partial charge in [0.05, 0.1) is 16.8 Å². The molecule has 15 heteroatoms. The van der Waals surface area contributed by atoms with Gasteiger partial charge >= 0.3 is 18.5 Å². The second-order valence-electron chi connectivity index (χ2n) is 9.72. The van der Waals surface area contributed by atoms with Crippen LogP contribution in [0.15, 0.2) is 59.8 Å². The fourth-order valence-corrected chi connectivity index (χ4v) is 4.65. The molecule has 2 unspecified atom stereocenters. The van der Waals surface area contributed by atoms with E-state index in [0.29, 0.717) is 6.54 Å². The lowest BCUT2D eigenvalue weighted by Gasteiger charge is -2.30. The highest BCUT2D eigenvalue weighted by Gasteiger charge is 2.63. The number of likely N-dealkylation sites (N-methyl/N-ethyl adjacent to an activating group) is 1. The zero-order valence-electron chi connectivity index (χ0n) is 22.3. The van der Waals surface area contributed by atoms with Crippen molar-refractivity contribution in [3.05, 3.63) is 82.4 Å². The molecule has 2 atom stereocenters. The number of benzene rings is 3. The summed E-state index contributed by atoms with van der Waals surface area (Å²) in [6.45, 7) is 3.45. The van der Waals surface area contributed by atoms with Crippen LogP contribution in [0.1, 0.15) is 52.9 Å². The lowest BCUT2D eigenvalue weighted by Crippen LogP contribution is -2.44. The maximum absolute atomic E-state index is 14.5. The zero-order chi connectivity index (χ0) is 32.0. The van der Waals surface area contributed by atoms with Crippen molar-refractivity contribution in [1.29, 1.82) is 0 Å². The summed E-state index contributed by atoms with van der Waals surface area (Å²) in [5.41, 5.74) is -9.38. The van der Waals surface area contributed by atoms with Gasteiger partial charge in [-0.15, -0.1) is 0 Å². The van der Waals surface area contributed by atoms with Gasteiger partial charge in [0.15, 0.2) is 0 Å². The minimum Gasteiger partial charge on any atom is -0.374 e. The molecule has 1 aliphatic rings. The number of carbonyl (C=O) groups is 2. The van der Waals surface area contributed by atoms with Gasteiger partial charge in [-0.05, 0) is 48.9 Å². The fraction of sp³-hybridized carbons (Fsp3) is 0.321. The molecule has 1 heterocycles. The van der Waals surface area contributed by atoms with Crippen molar-refractivity contribution in [3.63, 3.8) is 0 Å². The fourth-order valence-electron chi connectivity index (χ4n) is 4.65. The number of nitrogens with one attached hydrogen (secondary N) is 2. The normalized spacial score (nSPS) is 18.2. The van der Waals surface area contributed by atoms with Crippen LogP contribution in [-0.4, -0.2) is 36.3 Å². The molecule has 6 nitrogen and oxygen atoms in total. The van der Waals surface area contributed by atoms with E-state index in [1.165, 1.54) is 43.3 Å². The topological polar surface area (TPSA) is 79.8 Å². The highest BCUT2D eigenvalue weighted by molar-refractivity contribution is 6.16. The molecule has 2 amide bonds. The maximum Gasteiger partial charge on any atom is 0.435 e.